The topological polar surface area (TPSA) is 17.1 Å². The summed E-state index contributed by atoms with van der Waals surface area (Å²) in [5.41, 5.74) is 0. The van der Waals surface area contributed by atoms with Gasteiger partial charge in [0, 0.05) is 0 Å². The van der Waals surface area contributed by atoms with Gasteiger partial charge in [0.05, 0.1) is 4.75 Å². The molecule has 0 spiro atoms. The van der Waals surface area contributed by atoms with E-state index >= 15 is 0 Å². The van der Waals surface area contributed by atoms with Crippen LogP contribution in [0.4, 0.5) is 0 Å². The second-order valence-electron chi connectivity index (χ2n) is 3.99. The molecule has 2 unspecified atom stereocenters. The molecule has 0 N–H and O–H groups in total. The summed E-state index contributed by atoms with van der Waals surface area (Å²) >= 11 is 1.88. The Kier molecular flexibility index (Phi) is 2.77. The Balaban J connectivity index is 2.14. The molecule has 2 atom stereocenters. The van der Waals surface area contributed by atoms with Gasteiger partial charge in [-0.2, -0.15) is 0 Å². The van der Waals surface area contributed by atoms with Gasteiger partial charge in [0.1, 0.15) is 6.29 Å². The predicted octanol–water partition coefficient (Wildman–Crippen LogP) is 2.81. The zero-order valence-corrected chi connectivity index (χ0v) is 8.69. The summed E-state index contributed by atoms with van der Waals surface area (Å²) in [5, 5.41) is 0. The molecule has 0 saturated carbocycles. The number of aldehydes is 1. The minimum atomic E-state index is -0.0447. The summed E-state index contributed by atoms with van der Waals surface area (Å²) in [6, 6.07) is 0. The van der Waals surface area contributed by atoms with Crippen LogP contribution in [0.3, 0.4) is 0 Å². The van der Waals surface area contributed by atoms with Crippen LogP contribution in [0.2, 0.25) is 0 Å². The zero-order chi connectivity index (χ0) is 9.15. The molecule has 0 radical (unpaired) electrons. The maximum absolute atomic E-state index is 11.2. The molecular weight excluding hydrogens is 180 g/mol. The standard InChI is InChI=1S/C11H16OS/c12-9-11(7-4-8-13-11)10-5-2-1-3-6-10/h2,5,9-10H,1,3-4,6-8H2. The van der Waals surface area contributed by atoms with E-state index in [9.17, 15) is 4.79 Å². The SMILES string of the molecule is O=CC1(C2C=CCCC2)CCCS1. The third kappa shape index (κ3) is 1.69. The predicted molar refractivity (Wildman–Crippen MR) is 57.0 cm³/mol. The molecular formula is C11H16OS. The molecule has 1 heterocycles. The fourth-order valence-corrected chi connectivity index (χ4v) is 3.81. The lowest BCUT2D eigenvalue weighted by Gasteiger charge is -2.31. The minimum Gasteiger partial charge on any atom is -0.302 e. The maximum Gasteiger partial charge on any atom is 0.136 e. The Hall–Kier alpha value is -0.240. The van der Waals surface area contributed by atoms with Crippen LogP contribution >= 0.6 is 11.8 Å². The van der Waals surface area contributed by atoms with Crippen LogP contribution in [0, 0.1) is 5.92 Å². The van der Waals surface area contributed by atoms with Crippen LogP contribution in [0.25, 0.3) is 0 Å². The average molecular weight is 196 g/mol. The molecule has 1 aliphatic carbocycles. The van der Waals surface area contributed by atoms with Crippen molar-refractivity contribution in [3.63, 3.8) is 0 Å². The second-order valence-corrected chi connectivity index (χ2v) is 5.45. The van der Waals surface area contributed by atoms with E-state index in [-0.39, 0.29) is 4.75 Å². The lowest BCUT2D eigenvalue weighted by molar-refractivity contribution is -0.110. The molecule has 0 aromatic carbocycles. The van der Waals surface area contributed by atoms with Gasteiger partial charge in [-0.25, -0.2) is 0 Å². The quantitative estimate of drug-likeness (QED) is 0.499. The Morgan fingerprint density at radius 1 is 1.46 bits per heavy atom. The van der Waals surface area contributed by atoms with E-state index in [0.717, 1.165) is 6.42 Å². The van der Waals surface area contributed by atoms with Crippen LogP contribution in [0.15, 0.2) is 12.2 Å². The molecule has 0 aromatic heterocycles. The Morgan fingerprint density at radius 2 is 2.38 bits per heavy atom. The fourth-order valence-electron chi connectivity index (χ4n) is 2.38. The summed E-state index contributed by atoms with van der Waals surface area (Å²) in [5.74, 6) is 1.69. The van der Waals surface area contributed by atoms with Gasteiger partial charge in [0.2, 0.25) is 0 Å². The van der Waals surface area contributed by atoms with E-state index in [1.54, 1.807) is 0 Å². The first kappa shape index (κ1) is 9.32. The molecule has 1 saturated heterocycles. The second kappa shape index (κ2) is 3.87. The molecule has 13 heavy (non-hydrogen) atoms. The van der Waals surface area contributed by atoms with E-state index in [2.05, 4.69) is 12.2 Å². The van der Waals surface area contributed by atoms with Crippen molar-refractivity contribution in [2.24, 2.45) is 5.92 Å². The number of hydrogen-bond acceptors (Lipinski definition) is 2. The first-order valence-electron chi connectivity index (χ1n) is 5.14. The molecule has 0 bridgehead atoms. The van der Waals surface area contributed by atoms with Gasteiger partial charge in [-0.15, -0.1) is 11.8 Å². The van der Waals surface area contributed by atoms with Crippen molar-refractivity contribution in [1.29, 1.82) is 0 Å². The fraction of sp³-hybridized carbons (Fsp3) is 0.727. The van der Waals surface area contributed by atoms with E-state index in [1.807, 2.05) is 11.8 Å². The van der Waals surface area contributed by atoms with Crippen molar-refractivity contribution >= 4 is 18.0 Å². The van der Waals surface area contributed by atoms with E-state index < -0.39 is 0 Å². The molecule has 2 aliphatic rings. The number of rotatable bonds is 2. The maximum atomic E-state index is 11.2. The molecule has 0 aromatic rings. The molecule has 2 rings (SSSR count). The number of thioether (sulfide) groups is 1. The van der Waals surface area contributed by atoms with Gasteiger partial charge >= 0.3 is 0 Å². The molecule has 1 aliphatic heterocycles. The normalized spacial score (nSPS) is 39.2. The molecule has 1 fully saturated rings. The minimum absolute atomic E-state index is 0.0447. The first-order chi connectivity index (χ1) is 6.37. The van der Waals surface area contributed by atoms with Crippen molar-refractivity contribution in [2.45, 2.75) is 36.9 Å². The van der Waals surface area contributed by atoms with Crippen LogP contribution < -0.4 is 0 Å². The highest BCUT2D eigenvalue weighted by Gasteiger charge is 2.40. The third-order valence-electron chi connectivity index (χ3n) is 3.16. The number of allylic oxidation sites excluding steroid dienone is 2. The molecule has 72 valence electrons. The summed E-state index contributed by atoms with van der Waals surface area (Å²) in [7, 11) is 0. The average Bonchev–Trinajstić information content (AvgIpc) is 2.69. The Labute approximate surface area is 84.0 Å². The van der Waals surface area contributed by atoms with E-state index in [4.69, 9.17) is 0 Å². The van der Waals surface area contributed by atoms with Crippen LogP contribution in [0.1, 0.15) is 32.1 Å². The molecule has 1 nitrogen and oxygen atoms in total. The Morgan fingerprint density at radius 3 is 2.92 bits per heavy atom. The van der Waals surface area contributed by atoms with Gasteiger partial charge in [-0.1, -0.05) is 12.2 Å². The van der Waals surface area contributed by atoms with Crippen molar-refractivity contribution in [3.05, 3.63) is 12.2 Å². The number of hydrogen-bond donors (Lipinski definition) is 0. The summed E-state index contributed by atoms with van der Waals surface area (Å²) in [6.45, 7) is 0. The van der Waals surface area contributed by atoms with Gasteiger partial charge in [-0.05, 0) is 43.8 Å². The molecule has 2 heteroatoms. The van der Waals surface area contributed by atoms with E-state index in [1.165, 1.54) is 37.7 Å². The summed E-state index contributed by atoms with van der Waals surface area (Å²) < 4.78 is -0.0447. The summed E-state index contributed by atoms with van der Waals surface area (Å²) in [4.78, 5) is 11.2. The zero-order valence-electron chi connectivity index (χ0n) is 7.87. The van der Waals surface area contributed by atoms with Crippen molar-refractivity contribution < 1.29 is 4.79 Å². The number of carbonyl (C=O) groups is 1. The summed E-state index contributed by atoms with van der Waals surface area (Å²) in [6.07, 6.45) is 11.7. The van der Waals surface area contributed by atoms with E-state index in [0.29, 0.717) is 5.92 Å². The van der Waals surface area contributed by atoms with Gasteiger partial charge in [-0.3, -0.25) is 0 Å². The number of carbonyl (C=O) groups excluding carboxylic acids is 1. The highest BCUT2D eigenvalue weighted by atomic mass is 32.2. The highest BCUT2D eigenvalue weighted by molar-refractivity contribution is 8.01. The van der Waals surface area contributed by atoms with Crippen LogP contribution in [0.5, 0.6) is 0 Å². The first-order valence-corrected chi connectivity index (χ1v) is 6.13. The monoisotopic (exact) mass is 196 g/mol. The van der Waals surface area contributed by atoms with Crippen molar-refractivity contribution in [1.82, 2.24) is 0 Å². The lowest BCUT2D eigenvalue weighted by Crippen LogP contribution is -2.33. The molecule has 0 amide bonds. The third-order valence-corrected chi connectivity index (χ3v) is 4.80. The Bertz CT molecular complexity index is 216. The highest BCUT2D eigenvalue weighted by Crippen LogP contribution is 2.45. The van der Waals surface area contributed by atoms with Gasteiger partial charge in [0.15, 0.2) is 0 Å². The van der Waals surface area contributed by atoms with Crippen molar-refractivity contribution in [3.8, 4) is 0 Å². The van der Waals surface area contributed by atoms with Crippen LogP contribution in [-0.2, 0) is 4.79 Å². The van der Waals surface area contributed by atoms with Crippen molar-refractivity contribution in [2.75, 3.05) is 5.75 Å². The smallest absolute Gasteiger partial charge is 0.136 e. The van der Waals surface area contributed by atoms with Gasteiger partial charge in [0.25, 0.3) is 0 Å². The van der Waals surface area contributed by atoms with Crippen LogP contribution in [-0.4, -0.2) is 16.8 Å². The van der Waals surface area contributed by atoms with Gasteiger partial charge < -0.3 is 4.79 Å². The largest absolute Gasteiger partial charge is 0.302 e. The lowest BCUT2D eigenvalue weighted by atomic mass is 9.82.